The van der Waals surface area contributed by atoms with E-state index in [-0.39, 0.29) is 5.91 Å². The molecule has 21 heavy (non-hydrogen) atoms. The molecule has 0 saturated heterocycles. The maximum absolute atomic E-state index is 12.1. The largest absolute Gasteiger partial charge is 0.348 e. The van der Waals surface area contributed by atoms with Gasteiger partial charge in [0.15, 0.2) is 0 Å². The summed E-state index contributed by atoms with van der Waals surface area (Å²) in [6.07, 6.45) is 2.17. The first-order chi connectivity index (χ1) is 10.3. The van der Waals surface area contributed by atoms with Crippen molar-refractivity contribution in [2.45, 2.75) is 18.9 Å². The summed E-state index contributed by atoms with van der Waals surface area (Å²) in [6.45, 7) is 0. The van der Waals surface area contributed by atoms with Gasteiger partial charge in [0.25, 0.3) is 5.91 Å². The zero-order valence-corrected chi connectivity index (χ0v) is 12.2. The third kappa shape index (κ3) is 2.43. The number of thiophene rings is 1. The number of nitrogens with one attached hydrogen (secondary N) is 1. The summed E-state index contributed by atoms with van der Waals surface area (Å²) in [5, 5.41) is 6.28. The minimum atomic E-state index is -0.0705. The molecule has 0 spiro atoms. The molecule has 1 aliphatic carbocycles. The van der Waals surface area contributed by atoms with Crippen molar-refractivity contribution in [1.29, 1.82) is 0 Å². The normalized spacial score (nSPS) is 14.3. The lowest BCUT2D eigenvalue weighted by molar-refractivity contribution is 0.0946. The zero-order valence-electron chi connectivity index (χ0n) is 11.4. The number of fused-ring (bicyclic) bond motifs is 1. The van der Waals surface area contributed by atoms with Crippen LogP contribution in [-0.4, -0.2) is 16.9 Å². The van der Waals surface area contributed by atoms with Crippen molar-refractivity contribution in [1.82, 2.24) is 10.3 Å². The summed E-state index contributed by atoms with van der Waals surface area (Å²) in [5.41, 5.74) is 2.45. The molecule has 1 aliphatic rings. The zero-order chi connectivity index (χ0) is 14.2. The first kappa shape index (κ1) is 12.5. The third-order valence-corrected chi connectivity index (χ3v) is 4.61. The number of carbonyl (C=O) groups is 1. The molecule has 4 rings (SSSR count). The summed E-state index contributed by atoms with van der Waals surface area (Å²) >= 11 is 1.70. The maximum Gasteiger partial charge on any atom is 0.270 e. The highest BCUT2D eigenvalue weighted by Crippen LogP contribution is 2.32. The van der Waals surface area contributed by atoms with E-state index in [4.69, 9.17) is 0 Å². The average molecular weight is 294 g/mol. The van der Waals surface area contributed by atoms with Gasteiger partial charge in [-0.05, 0) is 31.0 Å². The molecule has 4 heteroatoms. The molecule has 104 valence electrons. The van der Waals surface area contributed by atoms with Crippen LogP contribution in [0.25, 0.3) is 21.3 Å². The van der Waals surface area contributed by atoms with Gasteiger partial charge >= 0.3 is 0 Å². The Kier molecular flexibility index (Phi) is 2.97. The Balaban J connectivity index is 1.73. The SMILES string of the molecule is O=C(NC1CC1)c1cccc(-c2csc3ccccc23)n1. The highest BCUT2D eigenvalue weighted by Gasteiger charge is 2.24. The lowest BCUT2D eigenvalue weighted by Gasteiger charge is -2.05. The molecule has 2 aromatic heterocycles. The lowest BCUT2D eigenvalue weighted by Crippen LogP contribution is -2.26. The van der Waals surface area contributed by atoms with E-state index in [1.807, 2.05) is 24.3 Å². The van der Waals surface area contributed by atoms with Crippen molar-refractivity contribution in [2.24, 2.45) is 0 Å². The fourth-order valence-corrected chi connectivity index (χ4v) is 3.33. The second-order valence-corrected chi connectivity index (χ2v) is 6.21. The van der Waals surface area contributed by atoms with E-state index < -0.39 is 0 Å². The summed E-state index contributed by atoms with van der Waals surface area (Å²) in [7, 11) is 0. The number of benzene rings is 1. The quantitative estimate of drug-likeness (QED) is 0.797. The summed E-state index contributed by atoms with van der Waals surface area (Å²) in [6, 6.07) is 14.3. The smallest absolute Gasteiger partial charge is 0.270 e. The van der Waals surface area contributed by atoms with Gasteiger partial charge in [0, 0.05) is 27.1 Å². The number of hydrogen-bond acceptors (Lipinski definition) is 3. The number of hydrogen-bond donors (Lipinski definition) is 1. The van der Waals surface area contributed by atoms with Crippen molar-refractivity contribution in [3.05, 3.63) is 53.5 Å². The fraction of sp³-hybridized carbons (Fsp3) is 0.176. The molecule has 0 radical (unpaired) electrons. The molecule has 1 amide bonds. The monoisotopic (exact) mass is 294 g/mol. The molecule has 1 aromatic carbocycles. The molecular formula is C17H14N2OS. The summed E-state index contributed by atoms with van der Waals surface area (Å²) < 4.78 is 1.24. The number of pyridine rings is 1. The Labute approximate surface area is 126 Å². The number of rotatable bonds is 3. The van der Waals surface area contributed by atoms with Gasteiger partial charge in [-0.2, -0.15) is 0 Å². The topological polar surface area (TPSA) is 42.0 Å². The van der Waals surface area contributed by atoms with Gasteiger partial charge in [-0.1, -0.05) is 24.3 Å². The van der Waals surface area contributed by atoms with E-state index in [0.29, 0.717) is 11.7 Å². The molecule has 0 aliphatic heterocycles. The maximum atomic E-state index is 12.1. The van der Waals surface area contributed by atoms with E-state index in [2.05, 4.69) is 27.8 Å². The van der Waals surface area contributed by atoms with E-state index in [0.717, 1.165) is 24.1 Å². The van der Waals surface area contributed by atoms with Crippen LogP contribution in [0.1, 0.15) is 23.3 Å². The lowest BCUT2D eigenvalue weighted by atomic mass is 10.1. The predicted molar refractivity (Wildman–Crippen MR) is 85.5 cm³/mol. The van der Waals surface area contributed by atoms with Gasteiger partial charge < -0.3 is 5.32 Å². The Morgan fingerprint density at radius 2 is 2.00 bits per heavy atom. The van der Waals surface area contributed by atoms with Gasteiger partial charge in [0.05, 0.1) is 5.69 Å². The van der Waals surface area contributed by atoms with Crippen LogP contribution in [0.3, 0.4) is 0 Å². The van der Waals surface area contributed by atoms with Crippen molar-refractivity contribution in [3.63, 3.8) is 0 Å². The van der Waals surface area contributed by atoms with Gasteiger partial charge in [0.1, 0.15) is 5.69 Å². The van der Waals surface area contributed by atoms with Gasteiger partial charge in [-0.25, -0.2) is 4.98 Å². The molecule has 3 aromatic rings. The van der Waals surface area contributed by atoms with E-state index in [1.54, 1.807) is 17.4 Å². The number of aromatic nitrogens is 1. The minimum Gasteiger partial charge on any atom is -0.348 e. The molecule has 1 fully saturated rings. The molecule has 2 heterocycles. The number of carbonyl (C=O) groups excluding carboxylic acids is 1. The summed E-state index contributed by atoms with van der Waals surface area (Å²) in [5.74, 6) is -0.0705. The van der Waals surface area contributed by atoms with Gasteiger partial charge in [-0.3, -0.25) is 4.79 Å². The highest BCUT2D eigenvalue weighted by molar-refractivity contribution is 7.17. The Morgan fingerprint density at radius 1 is 1.14 bits per heavy atom. The van der Waals surface area contributed by atoms with Crippen molar-refractivity contribution in [3.8, 4) is 11.3 Å². The van der Waals surface area contributed by atoms with Crippen LogP contribution in [0.15, 0.2) is 47.8 Å². The number of nitrogens with zero attached hydrogens (tertiary/aromatic N) is 1. The van der Waals surface area contributed by atoms with Crippen LogP contribution >= 0.6 is 11.3 Å². The molecule has 1 N–H and O–H groups in total. The van der Waals surface area contributed by atoms with Crippen LogP contribution in [0.4, 0.5) is 0 Å². The molecule has 0 atom stereocenters. The van der Waals surface area contributed by atoms with E-state index in [1.165, 1.54) is 10.1 Å². The second-order valence-electron chi connectivity index (χ2n) is 5.30. The number of amides is 1. The second kappa shape index (κ2) is 4.97. The van der Waals surface area contributed by atoms with Crippen LogP contribution < -0.4 is 5.32 Å². The van der Waals surface area contributed by atoms with Crippen molar-refractivity contribution < 1.29 is 4.79 Å². The molecular weight excluding hydrogens is 280 g/mol. The Morgan fingerprint density at radius 3 is 2.86 bits per heavy atom. The molecule has 3 nitrogen and oxygen atoms in total. The first-order valence-corrected chi connectivity index (χ1v) is 7.94. The molecule has 0 bridgehead atoms. The Bertz CT molecular complexity index is 820. The van der Waals surface area contributed by atoms with Gasteiger partial charge in [0.2, 0.25) is 0 Å². The first-order valence-electron chi connectivity index (χ1n) is 7.06. The van der Waals surface area contributed by atoms with Crippen molar-refractivity contribution >= 4 is 27.3 Å². The van der Waals surface area contributed by atoms with Crippen LogP contribution in [0.5, 0.6) is 0 Å². The summed E-state index contributed by atoms with van der Waals surface area (Å²) in [4.78, 5) is 16.7. The minimum absolute atomic E-state index is 0.0705. The van der Waals surface area contributed by atoms with Gasteiger partial charge in [-0.15, -0.1) is 11.3 Å². The molecule has 0 unspecified atom stereocenters. The fourth-order valence-electron chi connectivity index (χ4n) is 2.37. The van der Waals surface area contributed by atoms with Crippen LogP contribution in [-0.2, 0) is 0 Å². The standard InChI is InChI=1S/C17H14N2OS/c20-17(18-11-8-9-11)15-6-3-5-14(19-15)13-10-21-16-7-2-1-4-12(13)16/h1-7,10-11H,8-9H2,(H,18,20). The molecule has 1 saturated carbocycles. The van der Waals surface area contributed by atoms with Crippen LogP contribution in [0.2, 0.25) is 0 Å². The van der Waals surface area contributed by atoms with E-state index >= 15 is 0 Å². The van der Waals surface area contributed by atoms with Crippen LogP contribution in [0, 0.1) is 0 Å². The Hall–Kier alpha value is -2.20. The average Bonchev–Trinajstić information content (AvgIpc) is 3.23. The van der Waals surface area contributed by atoms with E-state index in [9.17, 15) is 4.79 Å². The van der Waals surface area contributed by atoms with Crippen molar-refractivity contribution in [2.75, 3.05) is 0 Å². The predicted octanol–water partition coefficient (Wildman–Crippen LogP) is 3.86. The third-order valence-electron chi connectivity index (χ3n) is 3.65. The highest BCUT2D eigenvalue weighted by atomic mass is 32.1.